The fraction of sp³-hybridized carbons (Fsp3) is 0.474. The third kappa shape index (κ3) is 5.26. The number of esters is 1. The molecule has 0 unspecified atom stereocenters. The largest absolute Gasteiger partial charge is 1.00 e. The van der Waals surface area contributed by atoms with Crippen LogP contribution in [-0.2, 0) is 14.2 Å². The summed E-state index contributed by atoms with van der Waals surface area (Å²) >= 11 is 0. The minimum Gasteiger partial charge on any atom is -1.00 e. The Morgan fingerprint density at radius 1 is 0.900 bits per heavy atom. The lowest BCUT2D eigenvalue weighted by atomic mass is 10.2. The van der Waals surface area contributed by atoms with E-state index in [2.05, 4.69) is 30.1 Å². The number of nitrogens with zero attached hydrogens (tertiary/aromatic N) is 5. The first-order valence-corrected chi connectivity index (χ1v) is 9.60. The fourth-order valence-corrected chi connectivity index (χ4v) is 3.16. The molecule has 3 heterocycles. The molecule has 1 N–H and O–H groups in total. The molecule has 2 aliphatic rings. The fourth-order valence-electron chi connectivity index (χ4n) is 3.16. The van der Waals surface area contributed by atoms with Crippen LogP contribution in [0.25, 0.3) is 0 Å². The van der Waals surface area contributed by atoms with Gasteiger partial charge in [-0.3, -0.25) is 0 Å². The zero-order valence-electron chi connectivity index (χ0n) is 16.7. The second-order valence-corrected chi connectivity index (χ2v) is 6.65. The molecule has 0 bridgehead atoms. The Bertz CT molecular complexity index is 805. The maximum Gasteiger partial charge on any atom is 0.337 e. The van der Waals surface area contributed by atoms with Crippen molar-refractivity contribution in [1.29, 1.82) is 0 Å². The number of halogens is 1. The zero-order chi connectivity index (χ0) is 20.1. The molecule has 0 atom stereocenters. The van der Waals surface area contributed by atoms with Crippen molar-refractivity contribution >= 4 is 29.5 Å². The number of morpholine rings is 2. The molecule has 0 amide bonds. The van der Waals surface area contributed by atoms with Gasteiger partial charge in [0.15, 0.2) is 0 Å². The minimum atomic E-state index is -0.374. The van der Waals surface area contributed by atoms with Gasteiger partial charge in [-0.15, -0.1) is 0 Å². The molecule has 2 aromatic rings. The summed E-state index contributed by atoms with van der Waals surface area (Å²) in [6.07, 6.45) is 0. The smallest absolute Gasteiger partial charge is 0.337 e. The second kappa shape index (κ2) is 10.4. The highest BCUT2D eigenvalue weighted by molar-refractivity contribution is 5.89. The molecule has 4 rings (SSSR count). The van der Waals surface area contributed by atoms with Gasteiger partial charge in [-0.2, -0.15) is 15.0 Å². The van der Waals surface area contributed by atoms with E-state index in [1.807, 2.05) is 0 Å². The molecular formula is C19H24ClN6O4-. The molecular weight excluding hydrogens is 412 g/mol. The molecule has 11 heteroatoms. The van der Waals surface area contributed by atoms with Gasteiger partial charge >= 0.3 is 5.97 Å². The van der Waals surface area contributed by atoms with Crippen LogP contribution in [0.15, 0.2) is 24.3 Å². The summed E-state index contributed by atoms with van der Waals surface area (Å²) in [5, 5.41) is 3.22. The van der Waals surface area contributed by atoms with Crippen LogP contribution < -0.4 is 27.5 Å². The molecule has 1 aromatic heterocycles. The van der Waals surface area contributed by atoms with Crippen LogP contribution >= 0.6 is 0 Å². The predicted molar refractivity (Wildman–Crippen MR) is 107 cm³/mol. The number of carbonyl (C=O) groups is 1. The van der Waals surface area contributed by atoms with Gasteiger partial charge in [-0.1, -0.05) is 0 Å². The first-order valence-electron chi connectivity index (χ1n) is 9.60. The Balaban J connectivity index is 0.00000256. The Labute approximate surface area is 181 Å². The predicted octanol–water partition coefficient (Wildman–Crippen LogP) is -1.92. The van der Waals surface area contributed by atoms with E-state index >= 15 is 0 Å². The molecule has 162 valence electrons. The number of methoxy groups -OCH3 is 1. The second-order valence-electron chi connectivity index (χ2n) is 6.65. The number of carbonyl (C=O) groups excluding carboxylic acids is 1. The third-order valence-corrected chi connectivity index (χ3v) is 4.76. The number of anilines is 4. The number of hydrogen-bond acceptors (Lipinski definition) is 10. The monoisotopic (exact) mass is 435 g/mol. The highest BCUT2D eigenvalue weighted by atomic mass is 35.5. The lowest BCUT2D eigenvalue weighted by molar-refractivity contribution is -0.0000221. The number of rotatable bonds is 5. The first kappa shape index (κ1) is 22.0. The summed E-state index contributed by atoms with van der Waals surface area (Å²) in [5.41, 5.74) is 1.25. The van der Waals surface area contributed by atoms with E-state index in [-0.39, 0.29) is 18.4 Å². The summed E-state index contributed by atoms with van der Waals surface area (Å²) in [6.45, 7) is 5.54. The molecule has 0 radical (unpaired) electrons. The van der Waals surface area contributed by atoms with Crippen molar-refractivity contribution < 1.29 is 31.4 Å². The van der Waals surface area contributed by atoms with Crippen molar-refractivity contribution in [2.24, 2.45) is 0 Å². The van der Waals surface area contributed by atoms with Gasteiger partial charge < -0.3 is 41.7 Å². The van der Waals surface area contributed by atoms with Crippen LogP contribution in [0.4, 0.5) is 23.5 Å². The number of ether oxygens (including phenoxy) is 3. The molecule has 2 fully saturated rings. The SMILES string of the molecule is COC(=O)c1ccc(Nc2nc(N3CCOCC3)nc(N3CCOCC3)n2)cc1.[Cl-]. The maximum atomic E-state index is 11.6. The molecule has 30 heavy (non-hydrogen) atoms. The number of hydrogen-bond donors (Lipinski definition) is 1. The molecule has 0 spiro atoms. The van der Waals surface area contributed by atoms with E-state index in [9.17, 15) is 4.79 Å². The van der Waals surface area contributed by atoms with Crippen molar-refractivity contribution in [2.75, 3.05) is 74.8 Å². The van der Waals surface area contributed by atoms with Gasteiger partial charge in [0, 0.05) is 31.9 Å². The van der Waals surface area contributed by atoms with Crippen molar-refractivity contribution in [1.82, 2.24) is 15.0 Å². The molecule has 2 aliphatic heterocycles. The quantitative estimate of drug-likeness (QED) is 0.535. The lowest BCUT2D eigenvalue weighted by Crippen LogP contribution is -3.00. The third-order valence-electron chi connectivity index (χ3n) is 4.76. The van der Waals surface area contributed by atoms with Crippen LogP contribution in [0.3, 0.4) is 0 Å². The Hall–Kier alpha value is -2.69. The van der Waals surface area contributed by atoms with Crippen molar-refractivity contribution in [3.63, 3.8) is 0 Å². The number of benzene rings is 1. The Morgan fingerprint density at radius 3 is 1.87 bits per heavy atom. The van der Waals surface area contributed by atoms with Crippen molar-refractivity contribution in [3.8, 4) is 0 Å². The normalized spacial score (nSPS) is 16.6. The summed E-state index contributed by atoms with van der Waals surface area (Å²) in [7, 11) is 1.36. The van der Waals surface area contributed by atoms with Crippen LogP contribution in [0.1, 0.15) is 10.4 Å². The van der Waals surface area contributed by atoms with E-state index in [1.165, 1.54) is 7.11 Å². The summed E-state index contributed by atoms with van der Waals surface area (Å²) < 4.78 is 15.6. The highest BCUT2D eigenvalue weighted by Gasteiger charge is 2.20. The molecule has 0 aliphatic carbocycles. The van der Waals surface area contributed by atoms with E-state index < -0.39 is 0 Å². The molecule has 1 aromatic carbocycles. The summed E-state index contributed by atoms with van der Waals surface area (Å²) in [4.78, 5) is 29.7. The van der Waals surface area contributed by atoms with Crippen LogP contribution in [0.2, 0.25) is 0 Å². The lowest BCUT2D eigenvalue weighted by Gasteiger charge is -2.30. The van der Waals surface area contributed by atoms with Crippen molar-refractivity contribution in [3.05, 3.63) is 29.8 Å². The van der Waals surface area contributed by atoms with Crippen LogP contribution in [-0.4, -0.2) is 80.6 Å². The standard InChI is InChI=1S/C19H24N6O4.ClH/c1-27-16(26)14-2-4-15(5-3-14)20-17-21-18(24-6-10-28-11-7-24)23-19(22-17)25-8-12-29-13-9-25;/h2-5H,6-13H2,1H3,(H,20,21,22,23);1H/p-1. The van der Waals surface area contributed by atoms with Gasteiger partial charge in [-0.25, -0.2) is 4.79 Å². The van der Waals surface area contributed by atoms with E-state index in [1.54, 1.807) is 24.3 Å². The number of aromatic nitrogens is 3. The van der Waals surface area contributed by atoms with E-state index in [4.69, 9.17) is 14.2 Å². The molecule has 2 saturated heterocycles. The van der Waals surface area contributed by atoms with Gasteiger partial charge in [-0.05, 0) is 24.3 Å². The van der Waals surface area contributed by atoms with Crippen LogP contribution in [0, 0.1) is 0 Å². The van der Waals surface area contributed by atoms with Gasteiger partial charge in [0.05, 0.1) is 39.1 Å². The van der Waals surface area contributed by atoms with Gasteiger partial charge in [0.1, 0.15) is 0 Å². The van der Waals surface area contributed by atoms with Crippen molar-refractivity contribution in [2.45, 2.75) is 0 Å². The van der Waals surface area contributed by atoms with Gasteiger partial charge in [0.25, 0.3) is 0 Å². The topological polar surface area (TPSA) is 102 Å². The summed E-state index contributed by atoms with van der Waals surface area (Å²) in [5.74, 6) is 1.33. The minimum absolute atomic E-state index is 0. The van der Waals surface area contributed by atoms with E-state index in [0.29, 0.717) is 49.8 Å². The van der Waals surface area contributed by atoms with Gasteiger partial charge in [0.2, 0.25) is 17.8 Å². The summed E-state index contributed by atoms with van der Waals surface area (Å²) in [6, 6.07) is 6.97. The number of nitrogens with one attached hydrogen (secondary N) is 1. The zero-order valence-corrected chi connectivity index (χ0v) is 17.5. The Morgan fingerprint density at radius 2 is 1.40 bits per heavy atom. The maximum absolute atomic E-state index is 11.6. The average Bonchev–Trinajstić information content (AvgIpc) is 2.80. The molecule has 0 saturated carbocycles. The van der Waals surface area contributed by atoms with Crippen LogP contribution in [0.5, 0.6) is 0 Å². The van der Waals surface area contributed by atoms with E-state index in [0.717, 1.165) is 31.9 Å². The Kier molecular flexibility index (Phi) is 7.61. The first-order chi connectivity index (χ1) is 14.2. The molecule has 10 nitrogen and oxygen atoms in total. The highest BCUT2D eigenvalue weighted by Crippen LogP contribution is 2.21. The average molecular weight is 436 g/mol.